The van der Waals surface area contributed by atoms with E-state index in [0.29, 0.717) is 21.3 Å². The summed E-state index contributed by atoms with van der Waals surface area (Å²) in [5.41, 5.74) is 2.10. The van der Waals surface area contributed by atoms with Gasteiger partial charge in [0.15, 0.2) is 0 Å². The van der Waals surface area contributed by atoms with E-state index >= 15 is 0 Å². The van der Waals surface area contributed by atoms with Crippen molar-refractivity contribution in [2.45, 2.75) is 64.6 Å². The molecule has 0 bridgehead atoms. The van der Waals surface area contributed by atoms with Crippen molar-refractivity contribution in [2.75, 3.05) is 10.8 Å². The van der Waals surface area contributed by atoms with Crippen LogP contribution in [0.1, 0.15) is 44.4 Å². The predicted octanol–water partition coefficient (Wildman–Crippen LogP) is 6.14. The SMILES string of the molecule is Cc1ccc(S(=O)(=O)N(CC(=O)N(Cc2ccc(Cl)cc2Cl)C(C)C(=O)NC(C)(C)C)c2cccc(C)c2)cc1. The summed E-state index contributed by atoms with van der Waals surface area (Å²) in [7, 11) is -4.14. The Kier molecular flexibility index (Phi) is 9.93. The predicted molar refractivity (Wildman–Crippen MR) is 161 cm³/mol. The number of nitrogens with zero attached hydrogens (tertiary/aromatic N) is 2. The van der Waals surface area contributed by atoms with Gasteiger partial charge in [0.2, 0.25) is 11.8 Å². The van der Waals surface area contributed by atoms with E-state index in [1.807, 2.05) is 40.7 Å². The summed E-state index contributed by atoms with van der Waals surface area (Å²) >= 11 is 12.5. The minimum Gasteiger partial charge on any atom is -0.350 e. The second-order valence-corrected chi connectivity index (χ2v) is 13.5. The van der Waals surface area contributed by atoms with Gasteiger partial charge in [-0.2, -0.15) is 0 Å². The van der Waals surface area contributed by atoms with Crippen molar-refractivity contribution in [1.29, 1.82) is 0 Å². The average molecular weight is 605 g/mol. The minimum absolute atomic E-state index is 0.0280. The largest absolute Gasteiger partial charge is 0.350 e. The third-order valence-corrected chi connectivity index (χ3v) is 8.57. The van der Waals surface area contributed by atoms with Crippen LogP contribution in [-0.4, -0.2) is 43.3 Å². The lowest BCUT2D eigenvalue weighted by Gasteiger charge is -2.33. The van der Waals surface area contributed by atoms with Crippen molar-refractivity contribution >= 4 is 50.7 Å². The lowest BCUT2D eigenvalue weighted by Crippen LogP contribution is -2.54. The van der Waals surface area contributed by atoms with Crippen molar-refractivity contribution < 1.29 is 18.0 Å². The Morgan fingerprint density at radius 1 is 0.925 bits per heavy atom. The van der Waals surface area contributed by atoms with Crippen molar-refractivity contribution in [1.82, 2.24) is 10.2 Å². The molecule has 3 aromatic rings. The Morgan fingerprint density at radius 3 is 2.15 bits per heavy atom. The second-order valence-electron chi connectivity index (χ2n) is 10.8. The highest BCUT2D eigenvalue weighted by Crippen LogP contribution is 2.27. The number of rotatable bonds is 9. The maximum absolute atomic E-state index is 14.0. The maximum Gasteiger partial charge on any atom is 0.264 e. The highest BCUT2D eigenvalue weighted by Gasteiger charge is 2.33. The summed E-state index contributed by atoms with van der Waals surface area (Å²) in [5, 5.41) is 3.66. The summed E-state index contributed by atoms with van der Waals surface area (Å²) in [6, 6.07) is 17.3. The lowest BCUT2D eigenvalue weighted by molar-refractivity contribution is -0.140. The Balaban J connectivity index is 2.06. The van der Waals surface area contributed by atoms with Crippen molar-refractivity contribution in [2.24, 2.45) is 0 Å². The summed E-state index contributed by atoms with van der Waals surface area (Å²) in [6.07, 6.45) is 0. The van der Waals surface area contributed by atoms with Crippen molar-refractivity contribution in [3.8, 4) is 0 Å². The van der Waals surface area contributed by atoms with Crippen molar-refractivity contribution in [3.63, 3.8) is 0 Å². The number of hydrogen-bond acceptors (Lipinski definition) is 4. The number of carbonyl (C=O) groups is 2. The third kappa shape index (κ3) is 7.99. The number of benzene rings is 3. The first-order valence-corrected chi connectivity index (χ1v) is 15.0. The van der Waals surface area contributed by atoms with Gasteiger partial charge < -0.3 is 10.2 Å². The highest BCUT2D eigenvalue weighted by molar-refractivity contribution is 7.92. The number of carbonyl (C=O) groups excluding carboxylic acids is 2. The van der Waals surface area contributed by atoms with E-state index in [9.17, 15) is 18.0 Å². The Bertz CT molecular complexity index is 1490. The smallest absolute Gasteiger partial charge is 0.264 e. The molecule has 40 heavy (non-hydrogen) atoms. The second kappa shape index (κ2) is 12.6. The molecule has 0 aliphatic rings. The molecule has 1 N–H and O–H groups in total. The molecule has 0 radical (unpaired) electrons. The molecule has 2 amide bonds. The van der Waals surface area contributed by atoms with Gasteiger partial charge in [0.25, 0.3) is 10.0 Å². The fraction of sp³-hybridized carbons (Fsp3) is 0.333. The van der Waals surface area contributed by atoms with Gasteiger partial charge >= 0.3 is 0 Å². The molecule has 0 aliphatic heterocycles. The third-order valence-electron chi connectivity index (χ3n) is 6.20. The average Bonchev–Trinajstić information content (AvgIpc) is 2.85. The Hall–Kier alpha value is -3.07. The lowest BCUT2D eigenvalue weighted by atomic mass is 10.1. The minimum atomic E-state index is -4.14. The topological polar surface area (TPSA) is 86.8 Å². The molecular weight excluding hydrogens is 569 g/mol. The fourth-order valence-corrected chi connectivity index (χ4v) is 5.91. The first kappa shape index (κ1) is 31.5. The van der Waals surface area contributed by atoms with Gasteiger partial charge in [0, 0.05) is 22.1 Å². The molecule has 0 aromatic heterocycles. The van der Waals surface area contributed by atoms with Crippen LogP contribution in [0.5, 0.6) is 0 Å². The molecule has 0 heterocycles. The van der Waals surface area contributed by atoms with Crippen LogP contribution in [0.4, 0.5) is 5.69 Å². The van der Waals surface area contributed by atoms with Gasteiger partial charge in [-0.1, -0.05) is 59.1 Å². The van der Waals surface area contributed by atoms with Crippen molar-refractivity contribution in [3.05, 3.63) is 93.5 Å². The number of halogens is 2. The summed E-state index contributed by atoms with van der Waals surface area (Å²) in [5.74, 6) is -0.950. The van der Waals surface area contributed by atoms with Crippen LogP contribution in [0, 0.1) is 13.8 Å². The quantitative estimate of drug-likeness (QED) is 0.318. The highest BCUT2D eigenvalue weighted by atomic mass is 35.5. The molecule has 1 atom stereocenters. The molecule has 3 aromatic carbocycles. The molecular formula is C30H35Cl2N3O4S. The monoisotopic (exact) mass is 603 g/mol. The van der Waals surface area contributed by atoms with Crippen LogP contribution in [0.25, 0.3) is 0 Å². The van der Waals surface area contributed by atoms with E-state index in [0.717, 1.165) is 15.4 Å². The van der Waals surface area contributed by atoms with Crippen LogP contribution < -0.4 is 9.62 Å². The molecule has 10 heteroatoms. The number of hydrogen-bond donors (Lipinski definition) is 1. The molecule has 0 spiro atoms. The number of anilines is 1. The zero-order valence-electron chi connectivity index (χ0n) is 23.5. The van der Waals surface area contributed by atoms with Crippen LogP contribution >= 0.6 is 23.2 Å². The van der Waals surface area contributed by atoms with Gasteiger partial charge in [-0.25, -0.2) is 8.42 Å². The summed E-state index contributed by atoms with van der Waals surface area (Å²) in [6.45, 7) is 10.3. The van der Waals surface area contributed by atoms with E-state index < -0.39 is 34.1 Å². The molecule has 7 nitrogen and oxygen atoms in total. The first-order chi connectivity index (χ1) is 18.6. The van der Waals surface area contributed by atoms with Crippen LogP contribution in [0.15, 0.2) is 71.6 Å². The first-order valence-electron chi connectivity index (χ1n) is 12.8. The molecule has 1 unspecified atom stereocenters. The molecule has 0 aliphatic carbocycles. The Morgan fingerprint density at radius 2 is 1.57 bits per heavy atom. The molecule has 214 valence electrons. The normalized spacial score (nSPS) is 12.5. The summed E-state index contributed by atoms with van der Waals surface area (Å²) < 4.78 is 28.9. The number of sulfonamides is 1. The van der Waals surface area contributed by atoms with E-state index in [-0.39, 0.29) is 17.3 Å². The maximum atomic E-state index is 14.0. The Labute approximate surface area is 247 Å². The fourth-order valence-electron chi connectivity index (χ4n) is 4.04. The zero-order valence-corrected chi connectivity index (χ0v) is 25.9. The van der Waals surface area contributed by atoms with Crippen LogP contribution in [-0.2, 0) is 26.2 Å². The number of nitrogens with one attached hydrogen (secondary N) is 1. The van der Waals surface area contributed by atoms with Gasteiger partial charge in [-0.05, 0) is 89.1 Å². The van der Waals surface area contributed by atoms with E-state index in [1.54, 1.807) is 55.5 Å². The molecule has 3 rings (SSSR count). The van der Waals surface area contributed by atoms with Gasteiger partial charge in [0.05, 0.1) is 10.6 Å². The zero-order chi connectivity index (χ0) is 29.8. The number of aryl methyl sites for hydroxylation is 2. The van der Waals surface area contributed by atoms with E-state index in [4.69, 9.17) is 23.2 Å². The number of amides is 2. The van der Waals surface area contributed by atoms with E-state index in [2.05, 4.69) is 5.32 Å². The molecule has 0 saturated heterocycles. The molecule has 0 saturated carbocycles. The van der Waals surface area contributed by atoms with E-state index in [1.165, 1.54) is 17.0 Å². The van der Waals surface area contributed by atoms with Crippen LogP contribution in [0.3, 0.4) is 0 Å². The van der Waals surface area contributed by atoms with Gasteiger partial charge in [-0.3, -0.25) is 13.9 Å². The van der Waals surface area contributed by atoms with Crippen LogP contribution in [0.2, 0.25) is 10.0 Å². The standard InChI is InChI=1S/C30H35Cl2N3O4S/c1-20-10-14-26(15-11-20)40(38,39)35(25-9-7-8-21(2)16-25)19-28(36)34(22(3)29(37)33-30(4,5)6)18-23-12-13-24(31)17-27(23)32/h7-17,22H,18-19H2,1-6H3,(H,33,37). The van der Waals surface area contributed by atoms with Gasteiger partial charge in [0.1, 0.15) is 12.6 Å². The molecule has 0 fully saturated rings. The van der Waals surface area contributed by atoms with Gasteiger partial charge in [-0.15, -0.1) is 0 Å². The summed E-state index contributed by atoms with van der Waals surface area (Å²) in [4.78, 5) is 28.6.